The van der Waals surface area contributed by atoms with Crippen molar-refractivity contribution in [2.75, 3.05) is 26.3 Å². The van der Waals surface area contributed by atoms with E-state index in [1.54, 1.807) is 32.0 Å². The average molecular weight is 388 g/mol. The minimum absolute atomic E-state index is 0.0667. The Kier molecular flexibility index (Phi) is 5.91. The molecule has 0 radical (unpaired) electrons. The zero-order valence-electron chi connectivity index (χ0n) is 14.3. The number of rotatable bonds is 7. The highest BCUT2D eigenvalue weighted by atomic mass is 32.2. The molecule has 12 heteroatoms. The van der Waals surface area contributed by atoms with E-state index in [9.17, 15) is 23.7 Å². The van der Waals surface area contributed by atoms with Crippen LogP contribution in [0.25, 0.3) is 0 Å². The van der Waals surface area contributed by atoms with Gasteiger partial charge in [0.05, 0.1) is 4.90 Å². The molecule has 26 heavy (non-hydrogen) atoms. The van der Waals surface area contributed by atoms with E-state index in [1.165, 1.54) is 12.1 Å². The smallest absolute Gasteiger partial charge is 0.483 e. The molecule has 0 amide bonds. The van der Waals surface area contributed by atoms with Gasteiger partial charge in [-0.15, -0.1) is 0 Å². The van der Waals surface area contributed by atoms with E-state index in [0.29, 0.717) is 0 Å². The van der Waals surface area contributed by atoms with Crippen LogP contribution in [0.1, 0.15) is 13.8 Å². The van der Waals surface area contributed by atoms with Gasteiger partial charge in [0, 0.05) is 6.54 Å². The van der Waals surface area contributed by atoms with Crippen LogP contribution >= 0.6 is 0 Å². The van der Waals surface area contributed by atoms with Crippen LogP contribution in [0.15, 0.2) is 40.3 Å². The van der Waals surface area contributed by atoms with Crippen LogP contribution in [-0.2, 0) is 19.5 Å². The molecule has 1 aromatic carbocycles. The molecule has 1 saturated heterocycles. The van der Waals surface area contributed by atoms with Crippen molar-refractivity contribution in [1.29, 1.82) is 0 Å². The van der Waals surface area contributed by atoms with Crippen molar-refractivity contribution in [3.8, 4) is 0 Å². The molecule has 0 spiro atoms. The van der Waals surface area contributed by atoms with Crippen LogP contribution in [0.5, 0.6) is 0 Å². The van der Waals surface area contributed by atoms with Gasteiger partial charge in [0.2, 0.25) is 10.0 Å². The molecular weight excluding hydrogens is 368 g/mol. The second-order valence-electron chi connectivity index (χ2n) is 6.07. The van der Waals surface area contributed by atoms with E-state index >= 15 is 0 Å². The molecule has 0 saturated carbocycles. The Labute approximate surface area is 150 Å². The molecule has 0 atom stereocenters. The maximum absolute atomic E-state index is 12.1. The standard InChI is InChI=1S/C14H20N4O7S/c1-13(2)24-10-14(11-25-13,18(20)21)17(19)15-8-9-16-26(22,23)12-6-4-3-5-7-12/h3-7,16H,8-11H2,1-2H3. The Bertz CT molecular complexity index is 770. The summed E-state index contributed by atoms with van der Waals surface area (Å²) in [6.45, 7) is 1.65. The number of azo groups is 1. The summed E-state index contributed by atoms with van der Waals surface area (Å²) in [4.78, 5) is 10.5. The lowest BCUT2D eigenvalue weighted by Gasteiger charge is -2.34. The van der Waals surface area contributed by atoms with Crippen LogP contribution in [0.2, 0.25) is 0 Å². The normalized spacial score (nSPS) is 19.8. The highest BCUT2D eigenvalue weighted by molar-refractivity contribution is 7.89. The molecule has 0 aromatic heterocycles. The Morgan fingerprint density at radius 3 is 2.31 bits per heavy atom. The fourth-order valence-corrected chi connectivity index (χ4v) is 3.13. The summed E-state index contributed by atoms with van der Waals surface area (Å²) in [6, 6.07) is 7.66. The summed E-state index contributed by atoms with van der Waals surface area (Å²) in [7, 11) is -3.74. The summed E-state index contributed by atoms with van der Waals surface area (Å²) in [5.74, 6) is -1.04. The van der Waals surface area contributed by atoms with E-state index in [4.69, 9.17) is 9.47 Å². The van der Waals surface area contributed by atoms with Gasteiger partial charge in [0.15, 0.2) is 19.0 Å². The molecule has 1 fully saturated rings. The first-order valence-corrected chi connectivity index (χ1v) is 9.19. The van der Waals surface area contributed by atoms with Crippen molar-refractivity contribution < 1.29 is 27.7 Å². The second-order valence-corrected chi connectivity index (χ2v) is 7.83. The van der Waals surface area contributed by atoms with E-state index in [-0.39, 0.29) is 22.8 Å². The summed E-state index contributed by atoms with van der Waals surface area (Å²) < 4.78 is 36.7. The molecule has 1 N–H and O–H groups in total. The number of hydroxylamine groups is 1. The van der Waals surface area contributed by atoms with Gasteiger partial charge >= 0.3 is 5.66 Å². The van der Waals surface area contributed by atoms with Gasteiger partial charge in [-0.3, -0.25) is 10.1 Å². The second kappa shape index (κ2) is 7.61. The van der Waals surface area contributed by atoms with E-state index in [0.717, 1.165) is 0 Å². The first-order chi connectivity index (χ1) is 12.1. The lowest BCUT2D eigenvalue weighted by molar-refractivity contribution is -0.827. The van der Waals surface area contributed by atoms with Crippen LogP contribution in [0, 0.1) is 15.3 Å². The maximum Gasteiger partial charge on any atom is 0.483 e. The molecule has 1 aliphatic rings. The van der Waals surface area contributed by atoms with Crippen LogP contribution < -0.4 is 4.72 Å². The van der Waals surface area contributed by atoms with E-state index in [2.05, 4.69) is 9.84 Å². The topological polar surface area (TPSA) is 146 Å². The number of hydrogen-bond acceptors (Lipinski definition) is 8. The first kappa shape index (κ1) is 20.2. The third-order valence-corrected chi connectivity index (χ3v) is 5.16. The molecule has 1 aromatic rings. The van der Waals surface area contributed by atoms with E-state index < -0.39 is 39.6 Å². The molecule has 2 rings (SSSR count). The highest BCUT2D eigenvalue weighted by Gasteiger charge is 2.59. The van der Waals surface area contributed by atoms with Gasteiger partial charge in [0.25, 0.3) is 0 Å². The number of ether oxygens (including phenoxy) is 2. The fourth-order valence-electron chi connectivity index (χ4n) is 2.08. The van der Waals surface area contributed by atoms with Gasteiger partial charge in [-0.25, -0.2) is 13.1 Å². The SMILES string of the molecule is CC1(C)OCC([N+](=O)[O-])([N+]([O-])=NCCNS(=O)(=O)c2ccccc2)CO1. The van der Waals surface area contributed by atoms with Gasteiger partial charge in [-0.05, 0) is 36.0 Å². The molecule has 0 bridgehead atoms. The molecule has 1 heterocycles. The molecule has 1 aliphatic heterocycles. The largest absolute Gasteiger partial charge is 0.594 e. The number of benzene rings is 1. The molecule has 0 aliphatic carbocycles. The first-order valence-electron chi connectivity index (χ1n) is 7.71. The van der Waals surface area contributed by atoms with Crippen molar-refractivity contribution in [2.45, 2.75) is 30.2 Å². The summed E-state index contributed by atoms with van der Waals surface area (Å²) >= 11 is 0. The van der Waals surface area contributed by atoms with Crippen molar-refractivity contribution in [3.05, 3.63) is 45.7 Å². The van der Waals surface area contributed by atoms with Crippen molar-refractivity contribution in [3.63, 3.8) is 0 Å². The molecule has 144 valence electrons. The lowest BCUT2D eigenvalue weighted by atomic mass is 10.2. The Hall–Kier alpha value is -2.15. The zero-order valence-corrected chi connectivity index (χ0v) is 15.1. The lowest BCUT2D eigenvalue weighted by Crippen LogP contribution is -2.60. The number of nitrogens with zero attached hydrogens (tertiary/aromatic N) is 3. The Morgan fingerprint density at radius 1 is 1.19 bits per heavy atom. The maximum atomic E-state index is 12.1. The highest BCUT2D eigenvalue weighted by Crippen LogP contribution is 2.26. The zero-order chi connectivity index (χ0) is 19.4. The average Bonchev–Trinajstić information content (AvgIpc) is 2.59. The quantitative estimate of drug-likeness (QED) is 0.180. The van der Waals surface area contributed by atoms with Gasteiger partial charge in [-0.1, -0.05) is 18.2 Å². The summed E-state index contributed by atoms with van der Waals surface area (Å²) in [5.41, 5.74) is -2.20. The van der Waals surface area contributed by atoms with E-state index in [1.807, 2.05) is 0 Å². The predicted molar refractivity (Wildman–Crippen MR) is 88.3 cm³/mol. The minimum Gasteiger partial charge on any atom is -0.594 e. The Balaban J connectivity index is 1.99. The monoisotopic (exact) mass is 388 g/mol. The third-order valence-electron chi connectivity index (χ3n) is 3.68. The minimum atomic E-state index is -3.74. The van der Waals surface area contributed by atoms with Crippen LogP contribution in [0.4, 0.5) is 0 Å². The van der Waals surface area contributed by atoms with Crippen molar-refractivity contribution >= 4 is 10.0 Å². The van der Waals surface area contributed by atoms with Gasteiger partial charge < -0.3 is 14.7 Å². The van der Waals surface area contributed by atoms with Crippen molar-refractivity contribution in [2.24, 2.45) is 5.11 Å². The number of nitrogens with one attached hydrogen (secondary N) is 1. The number of nitro groups is 1. The third kappa shape index (κ3) is 4.52. The van der Waals surface area contributed by atoms with Crippen LogP contribution in [-0.4, -0.2) is 56.0 Å². The van der Waals surface area contributed by atoms with Gasteiger partial charge in [-0.2, -0.15) is 0 Å². The number of sulfonamides is 1. The predicted octanol–water partition coefficient (Wildman–Crippen LogP) is 0.683. The number of hydrogen-bond donors (Lipinski definition) is 1. The van der Waals surface area contributed by atoms with Gasteiger partial charge in [0.1, 0.15) is 11.5 Å². The molecule has 11 nitrogen and oxygen atoms in total. The Morgan fingerprint density at radius 2 is 1.77 bits per heavy atom. The fraction of sp³-hybridized carbons (Fsp3) is 0.571. The summed E-state index contributed by atoms with van der Waals surface area (Å²) in [6.07, 6.45) is 0. The summed E-state index contributed by atoms with van der Waals surface area (Å²) in [5, 5.41) is 27.0. The molecule has 0 unspecified atom stereocenters. The van der Waals surface area contributed by atoms with Crippen LogP contribution in [0.3, 0.4) is 0 Å². The van der Waals surface area contributed by atoms with Crippen molar-refractivity contribution in [1.82, 2.24) is 4.72 Å². The molecular formula is C14H20N4O7S.